The van der Waals surface area contributed by atoms with Crippen molar-refractivity contribution < 1.29 is 4.74 Å². The van der Waals surface area contributed by atoms with Crippen molar-refractivity contribution in [1.82, 2.24) is 5.32 Å². The maximum absolute atomic E-state index is 5.10. The molecule has 0 aromatic heterocycles. The van der Waals surface area contributed by atoms with E-state index in [-0.39, 0.29) is 0 Å². The molecule has 0 spiro atoms. The third kappa shape index (κ3) is 4.70. The SMILES string of the molecule is CCN(c1cc(Br)ccc1CNCCOC)C1CCCC1. The first-order valence-electron chi connectivity index (χ1n) is 8.01. The van der Waals surface area contributed by atoms with Crippen molar-refractivity contribution in [1.29, 1.82) is 0 Å². The van der Waals surface area contributed by atoms with Gasteiger partial charge in [0.15, 0.2) is 0 Å². The number of methoxy groups -OCH3 is 1. The van der Waals surface area contributed by atoms with Crippen molar-refractivity contribution in [3.63, 3.8) is 0 Å². The van der Waals surface area contributed by atoms with Crippen molar-refractivity contribution in [3.8, 4) is 0 Å². The molecule has 0 unspecified atom stereocenters. The van der Waals surface area contributed by atoms with E-state index in [1.807, 2.05) is 0 Å². The second-order valence-electron chi connectivity index (χ2n) is 5.67. The summed E-state index contributed by atoms with van der Waals surface area (Å²) in [6.07, 6.45) is 5.40. The quantitative estimate of drug-likeness (QED) is 0.715. The summed E-state index contributed by atoms with van der Waals surface area (Å²) in [5, 5.41) is 3.47. The predicted octanol–water partition coefficient (Wildman–Crippen LogP) is 3.95. The first-order valence-corrected chi connectivity index (χ1v) is 8.80. The van der Waals surface area contributed by atoms with E-state index in [1.54, 1.807) is 7.11 Å². The number of anilines is 1. The zero-order valence-electron chi connectivity index (χ0n) is 13.2. The van der Waals surface area contributed by atoms with Crippen molar-refractivity contribution in [2.24, 2.45) is 0 Å². The molecule has 3 nitrogen and oxygen atoms in total. The lowest BCUT2D eigenvalue weighted by Gasteiger charge is -2.32. The Balaban J connectivity index is 2.12. The zero-order chi connectivity index (χ0) is 15.1. The average Bonchev–Trinajstić information content (AvgIpc) is 3.00. The molecule has 118 valence electrons. The van der Waals surface area contributed by atoms with Gasteiger partial charge in [-0.05, 0) is 37.5 Å². The van der Waals surface area contributed by atoms with Crippen LogP contribution in [0.3, 0.4) is 0 Å². The summed E-state index contributed by atoms with van der Waals surface area (Å²) in [7, 11) is 1.74. The van der Waals surface area contributed by atoms with Crippen LogP contribution in [0.5, 0.6) is 0 Å². The maximum Gasteiger partial charge on any atom is 0.0587 e. The molecule has 0 heterocycles. The molecule has 1 saturated carbocycles. The highest BCUT2D eigenvalue weighted by molar-refractivity contribution is 9.10. The van der Waals surface area contributed by atoms with Gasteiger partial charge in [0.2, 0.25) is 0 Å². The molecule has 4 heteroatoms. The van der Waals surface area contributed by atoms with E-state index < -0.39 is 0 Å². The maximum atomic E-state index is 5.10. The van der Waals surface area contributed by atoms with E-state index in [9.17, 15) is 0 Å². The first-order chi connectivity index (χ1) is 10.3. The van der Waals surface area contributed by atoms with E-state index in [4.69, 9.17) is 4.74 Å². The van der Waals surface area contributed by atoms with Gasteiger partial charge in [0.25, 0.3) is 0 Å². The number of halogens is 1. The standard InChI is InChI=1S/C17H27BrN2O/c1-3-20(16-6-4-5-7-16)17-12-15(18)9-8-14(17)13-19-10-11-21-2/h8-9,12,16,19H,3-7,10-11,13H2,1-2H3. The Morgan fingerprint density at radius 1 is 1.33 bits per heavy atom. The summed E-state index contributed by atoms with van der Waals surface area (Å²) >= 11 is 3.63. The van der Waals surface area contributed by atoms with Crippen LogP contribution in [-0.2, 0) is 11.3 Å². The van der Waals surface area contributed by atoms with Crippen LogP contribution >= 0.6 is 15.9 Å². The topological polar surface area (TPSA) is 24.5 Å². The molecule has 0 amide bonds. The van der Waals surface area contributed by atoms with Crippen LogP contribution in [0, 0.1) is 0 Å². The molecule has 1 fully saturated rings. The number of hydrogen-bond donors (Lipinski definition) is 1. The highest BCUT2D eigenvalue weighted by Gasteiger charge is 2.23. The van der Waals surface area contributed by atoms with Gasteiger partial charge in [-0.2, -0.15) is 0 Å². The normalized spacial score (nSPS) is 15.6. The number of nitrogens with zero attached hydrogens (tertiary/aromatic N) is 1. The molecule has 0 saturated heterocycles. The van der Waals surface area contributed by atoms with Gasteiger partial charge >= 0.3 is 0 Å². The third-order valence-electron chi connectivity index (χ3n) is 4.26. The summed E-state index contributed by atoms with van der Waals surface area (Å²) in [6.45, 7) is 5.89. The second kappa shape index (κ2) is 8.76. The molecule has 2 rings (SSSR count). The highest BCUT2D eigenvalue weighted by atomic mass is 79.9. The third-order valence-corrected chi connectivity index (χ3v) is 4.75. The van der Waals surface area contributed by atoms with Crippen LogP contribution in [0.15, 0.2) is 22.7 Å². The van der Waals surface area contributed by atoms with Gasteiger partial charge in [-0.25, -0.2) is 0 Å². The van der Waals surface area contributed by atoms with E-state index >= 15 is 0 Å². The summed E-state index contributed by atoms with van der Waals surface area (Å²) in [4.78, 5) is 2.59. The Hall–Kier alpha value is -0.580. The average molecular weight is 355 g/mol. The monoisotopic (exact) mass is 354 g/mol. The van der Waals surface area contributed by atoms with Gasteiger partial charge < -0.3 is 15.0 Å². The van der Waals surface area contributed by atoms with E-state index in [0.29, 0.717) is 6.04 Å². The van der Waals surface area contributed by atoms with Gasteiger partial charge in [-0.15, -0.1) is 0 Å². The molecule has 0 bridgehead atoms. The summed E-state index contributed by atoms with van der Waals surface area (Å²) in [5.41, 5.74) is 2.76. The lowest BCUT2D eigenvalue weighted by molar-refractivity contribution is 0.199. The Labute approximate surface area is 137 Å². The summed E-state index contributed by atoms with van der Waals surface area (Å²) in [6, 6.07) is 7.35. The van der Waals surface area contributed by atoms with E-state index in [1.165, 1.54) is 36.9 Å². The summed E-state index contributed by atoms with van der Waals surface area (Å²) in [5.74, 6) is 0. The minimum atomic E-state index is 0.710. The Morgan fingerprint density at radius 2 is 2.10 bits per heavy atom. The molecular weight excluding hydrogens is 328 g/mol. The Morgan fingerprint density at radius 3 is 2.76 bits per heavy atom. The molecule has 1 aromatic rings. The number of nitrogens with one attached hydrogen (secondary N) is 1. The highest BCUT2D eigenvalue weighted by Crippen LogP contribution is 2.32. The van der Waals surface area contributed by atoms with Crippen LogP contribution in [0.4, 0.5) is 5.69 Å². The molecule has 21 heavy (non-hydrogen) atoms. The lowest BCUT2D eigenvalue weighted by atomic mass is 10.1. The van der Waals surface area contributed by atoms with Crippen LogP contribution in [0.1, 0.15) is 38.2 Å². The molecule has 0 radical (unpaired) electrons. The van der Waals surface area contributed by atoms with Crippen molar-refractivity contribution >= 4 is 21.6 Å². The van der Waals surface area contributed by atoms with Gasteiger partial charge in [-0.3, -0.25) is 0 Å². The molecule has 1 N–H and O–H groups in total. The second-order valence-corrected chi connectivity index (χ2v) is 6.58. The summed E-state index contributed by atoms with van der Waals surface area (Å²) < 4.78 is 6.26. The molecule has 1 aliphatic carbocycles. The lowest BCUT2D eigenvalue weighted by Crippen LogP contribution is -2.34. The van der Waals surface area contributed by atoms with Crippen molar-refractivity contribution in [3.05, 3.63) is 28.2 Å². The molecule has 0 atom stereocenters. The van der Waals surface area contributed by atoms with Gasteiger partial charge in [0, 0.05) is 42.9 Å². The smallest absolute Gasteiger partial charge is 0.0587 e. The van der Waals surface area contributed by atoms with E-state index in [2.05, 4.69) is 51.3 Å². The number of rotatable bonds is 8. The van der Waals surface area contributed by atoms with E-state index in [0.717, 1.165) is 30.7 Å². The van der Waals surface area contributed by atoms with Gasteiger partial charge in [0.1, 0.15) is 0 Å². The predicted molar refractivity (Wildman–Crippen MR) is 93.0 cm³/mol. The minimum absolute atomic E-state index is 0.710. The number of benzene rings is 1. The van der Waals surface area contributed by atoms with Gasteiger partial charge in [0.05, 0.1) is 6.61 Å². The zero-order valence-corrected chi connectivity index (χ0v) is 14.8. The minimum Gasteiger partial charge on any atom is -0.383 e. The van der Waals surface area contributed by atoms with Crippen LogP contribution in [-0.4, -0.2) is 32.8 Å². The van der Waals surface area contributed by atoms with Crippen LogP contribution in [0.2, 0.25) is 0 Å². The first kappa shape index (κ1) is 16.8. The number of ether oxygens (including phenoxy) is 1. The molecule has 0 aliphatic heterocycles. The largest absolute Gasteiger partial charge is 0.383 e. The Bertz CT molecular complexity index is 433. The fourth-order valence-corrected chi connectivity index (χ4v) is 3.54. The molecule has 1 aromatic carbocycles. The fourth-order valence-electron chi connectivity index (χ4n) is 3.19. The molecule has 1 aliphatic rings. The van der Waals surface area contributed by atoms with Crippen molar-refractivity contribution in [2.75, 3.05) is 31.7 Å². The van der Waals surface area contributed by atoms with Gasteiger partial charge in [-0.1, -0.05) is 34.8 Å². The fraction of sp³-hybridized carbons (Fsp3) is 0.647. The van der Waals surface area contributed by atoms with Crippen molar-refractivity contribution in [2.45, 2.75) is 45.2 Å². The molecular formula is C17H27BrN2O. The number of hydrogen-bond acceptors (Lipinski definition) is 3. The van der Waals surface area contributed by atoms with Crippen LogP contribution in [0.25, 0.3) is 0 Å². The Kier molecular flexibility index (Phi) is 7.00. The van der Waals surface area contributed by atoms with Crippen LogP contribution < -0.4 is 10.2 Å².